The summed E-state index contributed by atoms with van der Waals surface area (Å²) in [5.74, 6) is -0.660. The smallest absolute Gasteiger partial charge is 0.306 e. The van der Waals surface area contributed by atoms with E-state index in [4.69, 9.17) is 0 Å². The molecule has 0 aliphatic heterocycles. The zero-order valence-corrected chi connectivity index (χ0v) is 21.6. The van der Waals surface area contributed by atoms with Crippen LogP contribution in [0.4, 0.5) is 0 Å². The van der Waals surface area contributed by atoms with Gasteiger partial charge >= 0.3 is 5.97 Å². The Bertz CT molecular complexity index is 353. The van der Waals surface area contributed by atoms with Gasteiger partial charge in [-0.2, -0.15) is 0 Å². The highest BCUT2D eigenvalue weighted by Gasteiger charge is 2.16. The lowest BCUT2D eigenvalue weighted by Gasteiger charge is -2.12. The third-order valence-electron chi connectivity index (χ3n) is 6.91. The molecule has 1 N–H and O–H groups in total. The predicted molar refractivity (Wildman–Crippen MR) is 138 cm³/mol. The summed E-state index contributed by atoms with van der Waals surface area (Å²) in [6.45, 7) is 4.52. The molecule has 0 aromatic heterocycles. The van der Waals surface area contributed by atoms with Gasteiger partial charge in [-0.05, 0) is 12.8 Å². The zero-order chi connectivity index (χ0) is 22.8. The Kier molecular flexibility index (Phi) is 25.3. The first-order chi connectivity index (χ1) is 15.2. The normalized spacial score (nSPS) is 12.3. The van der Waals surface area contributed by atoms with Gasteiger partial charge in [0.25, 0.3) is 0 Å². The third-order valence-corrected chi connectivity index (χ3v) is 6.91. The lowest BCUT2D eigenvalue weighted by molar-refractivity contribution is -0.142. The second kappa shape index (κ2) is 25.7. The highest BCUT2D eigenvalue weighted by atomic mass is 16.4. The van der Waals surface area contributed by atoms with Crippen molar-refractivity contribution in [3.63, 3.8) is 0 Å². The summed E-state index contributed by atoms with van der Waals surface area (Å²) in [4.78, 5) is 11.5. The minimum absolute atomic E-state index is 0.0949. The van der Waals surface area contributed by atoms with Crippen molar-refractivity contribution in [2.24, 2.45) is 5.92 Å². The van der Waals surface area contributed by atoms with Gasteiger partial charge in [0.2, 0.25) is 0 Å². The third kappa shape index (κ3) is 24.0. The maximum absolute atomic E-state index is 11.5. The molecule has 186 valence electrons. The van der Waals surface area contributed by atoms with Crippen LogP contribution in [-0.4, -0.2) is 11.1 Å². The molecule has 0 aliphatic rings. The van der Waals surface area contributed by atoms with Crippen LogP contribution in [0, 0.1) is 5.92 Å². The number of carboxylic acid groups (broad SMARTS) is 1. The Morgan fingerprint density at radius 2 is 0.677 bits per heavy atom. The van der Waals surface area contributed by atoms with Gasteiger partial charge in [0, 0.05) is 0 Å². The maximum atomic E-state index is 11.5. The number of unbranched alkanes of at least 4 members (excludes halogenated alkanes) is 21. The molecule has 0 amide bonds. The quantitative estimate of drug-likeness (QED) is 0.136. The predicted octanol–water partition coefficient (Wildman–Crippen LogP) is 10.5. The van der Waals surface area contributed by atoms with Crippen molar-refractivity contribution in [3.8, 4) is 0 Å². The molecule has 2 nitrogen and oxygen atoms in total. The molecular formula is C29H58O2. The fourth-order valence-corrected chi connectivity index (χ4v) is 4.68. The van der Waals surface area contributed by atoms with E-state index in [1.165, 1.54) is 135 Å². The van der Waals surface area contributed by atoms with Gasteiger partial charge in [0.1, 0.15) is 0 Å². The Labute approximate surface area is 196 Å². The number of aliphatic carboxylic acids is 1. The number of carbonyl (C=O) groups is 1. The van der Waals surface area contributed by atoms with Crippen molar-refractivity contribution in [3.05, 3.63) is 0 Å². The summed E-state index contributed by atoms with van der Waals surface area (Å²) in [7, 11) is 0. The first-order valence-corrected chi connectivity index (χ1v) is 14.4. The van der Waals surface area contributed by atoms with Crippen molar-refractivity contribution < 1.29 is 9.90 Å². The maximum Gasteiger partial charge on any atom is 0.306 e. The van der Waals surface area contributed by atoms with E-state index < -0.39 is 5.97 Å². The SMILES string of the molecule is CCCCCCCCCCCCCCCCCCCC(CCCCCCCC)C(=O)O. The molecule has 31 heavy (non-hydrogen) atoms. The molecule has 0 heterocycles. The van der Waals surface area contributed by atoms with Crippen LogP contribution < -0.4 is 0 Å². The average Bonchev–Trinajstić information content (AvgIpc) is 2.76. The van der Waals surface area contributed by atoms with E-state index in [2.05, 4.69) is 13.8 Å². The molecule has 0 saturated heterocycles. The van der Waals surface area contributed by atoms with Crippen LogP contribution >= 0.6 is 0 Å². The van der Waals surface area contributed by atoms with E-state index in [1.807, 2.05) is 0 Å². The summed E-state index contributed by atoms with van der Waals surface area (Å²) in [5, 5.41) is 9.45. The monoisotopic (exact) mass is 438 g/mol. The minimum atomic E-state index is -0.565. The molecule has 0 aromatic rings. The number of rotatable bonds is 26. The summed E-state index contributed by atoms with van der Waals surface area (Å²) in [6, 6.07) is 0. The zero-order valence-electron chi connectivity index (χ0n) is 21.6. The van der Waals surface area contributed by atoms with Crippen molar-refractivity contribution >= 4 is 5.97 Å². The van der Waals surface area contributed by atoms with Crippen molar-refractivity contribution in [2.45, 2.75) is 174 Å². The largest absolute Gasteiger partial charge is 0.481 e. The van der Waals surface area contributed by atoms with E-state index >= 15 is 0 Å². The van der Waals surface area contributed by atoms with Gasteiger partial charge in [-0.15, -0.1) is 0 Å². The van der Waals surface area contributed by atoms with Gasteiger partial charge < -0.3 is 5.11 Å². The number of hydrogen-bond acceptors (Lipinski definition) is 1. The Hall–Kier alpha value is -0.530. The molecule has 0 aromatic carbocycles. The topological polar surface area (TPSA) is 37.3 Å². The van der Waals surface area contributed by atoms with Crippen molar-refractivity contribution in [1.82, 2.24) is 0 Å². The first kappa shape index (κ1) is 30.5. The molecule has 1 atom stereocenters. The number of hydrogen-bond donors (Lipinski definition) is 1. The first-order valence-electron chi connectivity index (χ1n) is 14.4. The lowest BCUT2D eigenvalue weighted by atomic mass is 9.94. The second-order valence-electron chi connectivity index (χ2n) is 10.0. The molecule has 2 heteroatoms. The van der Waals surface area contributed by atoms with Crippen LogP contribution in [0.3, 0.4) is 0 Å². The Balaban J connectivity index is 3.33. The van der Waals surface area contributed by atoms with Crippen LogP contribution in [0.1, 0.15) is 174 Å². The average molecular weight is 439 g/mol. The molecule has 0 fully saturated rings. The molecule has 0 rings (SSSR count). The van der Waals surface area contributed by atoms with E-state index in [1.54, 1.807) is 0 Å². The molecule has 0 bridgehead atoms. The van der Waals surface area contributed by atoms with Gasteiger partial charge in [-0.25, -0.2) is 0 Å². The van der Waals surface area contributed by atoms with Crippen molar-refractivity contribution in [2.75, 3.05) is 0 Å². The Morgan fingerprint density at radius 3 is 0.903 bits per heavy atom. The summed E-state index contributed by atoms with van der Waals surface area (Å²) in [6.07, 6.45) is 32.7. The fourth-order valence-electron chi connectivity index (χ4n) is 4.68. The highest BCUT2D eigenvalue weighted by molar-refractivity contribution is 5.69. The highest BCUT2D eigenvalue weighted by Crippen LogP contribution is 2.20. The van der Waals surface area contributed by atoms with Gasteiger partial charge in [0.05, 0.1) is 5.92 Å². The van der Waals surface area contributed by atoms with E-state index in [-0.39, 0.29) is 5.92 Å². The fraction of sp³-hybridized carbons (Fsp3) is 0.966. The van der Waals surface area contributed by atoms with Crippen molar-refractivity contribution in [1.29, 1.82) is 0 Å². The minimum Gasteiger partial charge on any atom is -0.481 e. The second-order valence-corrected chi connectivity index (χ2v) is 10.0. The summed E-state index contributed by atoms with van der Waals surface area (Å²) in [5.41, 5.74) is 0. The van der Waals surface area contributed by atoms with E-state index in [9.17, 15) is 9.90 Å². The van der Waals surface area contributed by atoms with Gasteiger partial charge in [-0.1, -0.05) is 162 Å². The van der Waals surface area contributed by atoms with Crippen LogP contribution in [0.2, 0.25) is 0 Å². The molecule has 0 aliphatic carbocycles. The summed E-state index contributed by atoms with van der Waals surface area (Å²) < 4.78 is 0. The van der Waals surface area contributed by atoms with E-state index in [0.29, 0.717) is 0 Å². The van der Waals surface area contributed by atoms with E-state index in [0.717, 1.165) is 25.7 Å². The molecule has 1 unspecified atom stereocenters. The van der Waals surface area contributed by atoms with Crippen LogP contribution in [0.15, 0.2) is 0 Å². The lowest BCUT2D eigenvalue weighted by Crippen LogP contribution is -2.13. The summed E-state index contributed by atoms with van der Waals surface area (Å²) >= 11 is 0. The van der Waals surface area contributed by atoms with Gasteiger partial charge in [0.15, 0.2) is 0 Å². The molecule has 0 spiro atoms. The van der Waals surface area contributed by atoms with Crippen LogP contribution in [-0.2, 0) is 4.79 Å². The standard InChI is InChI=1S/C29H58O2/c1-3-5-7-9-11-12-13-14-15-16-17-18-19-20-21-23-25-27-28(29(30)31)26-24-22-10-8-6-4-2/h28H,3-27H2,1-2H3,(H,30,31). The number of carboxylic acids is 1. The van der Waals surface area contributed by atoms with Crippen LogP contribution in [0.5, 0.6) is 0 Å². The van der Waals surface area contributed by atoms with Gasteiger partial charge in [-0.3, -0.25) is 4.79 Å². The molecule has 0 saturated carbocycles. The molecular weight excluding hydrogens is 380 g/mol. The molecule has 0 radical (unpaired) electrons. The Morgan fingerprint density at radius 1 is 0.452 bits per heavy atom. The van der Waals surface area contributed by atoms with Crippen LogP contribution in [0.25, 0.3) is 0 Å².